The topological polar surface area (TPSA) is 54.0 Å². The van der Waals surface area contributed by atoms with E-state index in [0.29, 0.717) is 22.3 Å². The number of aromatic nitrogens is 1. The van der Waals surface area contributed by atoms with Gasteiger partial charge in [0.25, 0.3) is 0 Å². The minimum absolute atomic E-state index is 0.151. The fourth-order valence-corrected chi connectivity index (χ4v) is 2.10. The first kappa shape index (κ1) is 14.8. The molecule has 0 unspecified atom stereocenters. The second kappa shape index (κ2) is 7.24. The van der Waals surface area contributed by atoms with E-state index in [0.717, 1.165) is 5.69 Å². The lowest BCUT2D eigenvalue weighted by atomic mass is 10.3. The molecule has 0 radical (unpaired) electrons. The van der Waals surface area contributed by atoms with Crippen LogP contribution in [0.25, 0.3) is 0 Å². The summed E-state index contributed by atoms with van der Waals surface area (Å²) in [6.07, 6.45) is 1.71. The van der Waals surface area contributed by atoms with Crippen LogP contribution in [0.1, 0.15) is 5.69 Å². The first-order valence-corrected chi connectivity index (χ1v) is 6.77. The molecule has 1 heterocycles. The number of para-hydroxylation sites is 1. The van der Waals surface area contributed by atoms with Crippen LogP contribution in [0.2, 0.25) is 10.0 Å². The van der Waals surface area contributed by atoms with Crippen molar-refractivity contribution in [3.05, 3.63) is 58.3 Å². The Morgan fingerprint density at radius 3 is 2.50 bits per heavy atom. The third kappa shape index (κ3) is 4.20. The van der Waals surface area contributed by atoms with Crippen molar-refractivity contribution >= 4 is 34.8 Å². The molecule has 2 N–H and O–H groups in total. The smallest absolute Gasteiger partial charge is 0.238 e. The van der Waals surface area contributed by atoms with Crippen LogP contribution in [0.5, 0.6) is 0 Å². The number of hydrogen-bond donors (Lipinski definition) is 2. The summed E-state index contributed by atoms with van der Waals surface area (Å²) in [6.45, 7) is 0.669. The lowest BCUT2D eigenvalue weighted by molar-refractivity contribution is -0.115. The number of hydrogen-bond acceptors (Lipinski definition) is 3. The Morgan fingerprint density at radius 2 is 1.85 bits per heavy atom. The molecule has 2 rings (SSSR count). The summed E-state index contributed by atoms with van der Waals surface area (Å²) < 4.78 is 0. The third-order valence-electron chi connectivity index (χ3n) is 2.55. The molecule has 0 bridgehead atoms. The van der Waals surface area contributed by atoms with E-state index in [1.807, 2.05) is 18.2 Å². The highest BCUT2D eigenvalue weighted by molar-refractivity contribution is 6.39. The Bertz CT molecular complexity index is 570. The second-order valence-corrected chi connectivity index (χ2v) is 4.88. The Labute approximate surface area is 127 Å². The number of anilines is 1. The molecular weight excluding hydrogens is 297 g/mol. The van der Waals surface area contributed by atoms with E-state index >= 15 is 0 Å². The van der Waals surface area contributed by atoms with Gasteiger partial charge < -0.3 is 10.6 Å². The Balaban J connectivity index is 1.84. The molecule has 0 aliphatic heterocycles. The molecule has 0 fully saturated rings. The van der Waals surface area contributed by atoms with Gasteiger partial charge in [0.05, 0.1) is 28.0 Å². The van der Waals surface area contributed by atoms with Crippen LogP contribution in [0.15, 0.2) is 42.6 Å². The number of halogens is 2. The van der Waals surface area contributed by atoms with Crippen LogP contribution < -0.4 is 10.6 Å². The van der Waals surface area contributed by atoms with Gasteiger partial charge in [0.2, 0.25) is 5.91 Å². The van der Waals surface area contributed by atoms with Crippen molar-refractivity contribution in [2.75, 3.05) is 11.9 Å². The first-order chi connectivity index (χ1) is 9.66. The maximum Gasteiger partial charge on any atom is 0.238 e. The predicted octanol–water partition coefficient (Wildman–Crippen LogP) is 3.12. The van der Waals surface area contributed by atoms with Gasteiger partial charge in [-0.2, -0.15) is 0 Å². The molecule has 1 aromatic heterocycles. The Hall–Kier alpha value is -1.62. The number of carbonyl (C=O) groups is 1. The van der Waals surface area contributed by atoms with E-state index < -0.39 is 0 Å². The summed E-state index contributed by atoms with van der Waals surface area (Å²) in [7, 11) is 0. The Morgan fingerprint density at radius 1 is 1.10 bits per heavy atom. The average Bonchev–Trinajstić information content (AvgIpc) is 2.44. The van der Waals surface area contributed by atoms with Gasteiger partial charge in [-0.15, -0.1) is 0 Å². The van der Waals surface area contributed by atoms with Crippen molar-refractivity contribution in [3.8, 4) is 0 Å². The molecule has 1 aromatic carbocycles. The largest absolute Gasteiger partial charge is 0.322 e. The van der Waals surface area contributed by atoms with Gasteiger partial charge in [-0.1, -0.05) is 35.3 Å². The number of rotatable bonds is 5. The van der Waals surface area contributed by atoms with Crippen LogP contribution in [-0.4, -0.2) is 17.4 Å². The van der Waals surface area contributed by atoms with Crippen molar-refractivity contribution in [1.82, 2.24) is 10.3 Å². The van der Waals surface area contributed by atoms with Crippen LogP contribution in [0.3, 0.4) is 0 Å². The van der Waals surface area contributed by atoms with Crippen LogP contribution in [0, 0.1) is 0 Å². The van der Waals surface area contributed by atoms with Crippen molar-refractivity contribution < 1.29 is 4.79 Å². The summed E-state index contributed by atoms with van der Waals surface area (Å²) in [5, 5.41) is 6.50. The van der Waals surface area contributed by atoms with Gasteiger partial charge in [0, 0.05) is 12.7 Å². The van der Waals surface area contributed by atoms with E-state index in [1.165, 1.54) is 0 Å². The van der Waals surface area contributed by atoms with Gasteiger partial charge in [0.1, 0.15) is 0 Å². The number of carbonyl (C=O) groups excluding carboxylic acids is 1. The van der Waals surface area contributed by atoms with Gasteiger partial charge in [0.15, 0.2) is 0 Å². The quantitative estimate of drug-likeness (QED) is 0.892. The van der Waals surface area contributed by atoms with Gasteiger partial charge in [-0.25, -0.2) is 0 Å². The SMILES string of the molecule is O=C(CNCc1ccccn1)Nc1c(Cl)cccc1Cl. The van der Waals surface area contributed by atoms with Crippen molar-refractivity contribution in [3.63, 3.8) is 0 Å². The molecule has 1 amide bonds. The molecule has 4 nitrogen and oxygen atoms in total. The number of benzene rings is 1. The lowest BCUT2D eigenvalue weighted by Gasteiger charge is -2.09. The zero-order valence-corrected chi connectivity index (χ0v) is 12.1. The van der Waals surface area contributed by atoms with E-state index in [4.69, 9.17) is 23.2 Å². The monoisotopic (exact) mass is 309 g/mol. The normalized spacial score (nSPS) is 10.3. The minimum Gasteiger partial charge on any atom is -0.322 e. The second-order valence-electron chi connectivity index (χ2n) is 4.07. The first-order valence-electron chi connectivity index (χ1n) is 6.01. The molecule has 0 atom stereocenters. The number of pyridine rings is 1. The third-order valence-corrected chi connectivity index (χ3v) is 3.17. The van der Waals surface area contributed by atoms with Crippen LogP contribution >= 0.6 is 23.2 Å². The van der Waals surface area contributed by atoms with E-state index in [2.05, 4.69) is 15.6 Å². The summed E-state index contributed by atoms with van der Waals surface area (Å²) in [5.74, 6) is -0.212. The molecule has 0 saturated carbocycles. The molecule has 2 aromatic rings. The zero-order valence-electron chi connectivity index (χ0n) is 10.6. The fraction of sp³-hybridized carbons (Fsp3) is 0.143. The molecule has 6 heteroatoms. The molecule has 0 saturated heterocycles. The highest BCUT2D eigenvalue weighted by Gasteiger charge is 2.09. The maximum atomic E-state index is 11.8. The van der Waals surface area contributed by atoms with E-state index in [1.54, 1.807) is 24.4 Å². The zero-order chi connectivity index (χ0) is 14.4. The summed E-state index contributed by atoms with van der Waals surface area (Å²) in [4.78, 5) is 15.9. The number of nitrogens with zero attached hydrogens (tertiary/aromatic N) is 1. The summed E-state index contributed by atoms with van der Waals surface area (Å²) in [6, 6.07) is 10.7. The van der Waals surface area contributed by atoms with Crippen molar-refractivity contribution in [2.45, 2.75) is 6.54 Å². The van der Waals surface area contributed by atoms with Gasteiger partial charge in [-0.3, -0.25) is 9.78 Å². The molecular formula is C14H13Cl2N3O. The van der Waals surface area contributed by atoms with Crippen molar-refractivity contribution in [2.24, 2.45) is 0 Å². The standard InChI is InChI=1S/C14H13Cl2N3O/c15-11-5-3-6-12(16)14(11)19-13(20)9-17-8-10-4-1-2-7-18-10/h1-7,17H,8-9H2,(H,19,20). The van der Waals surface area contributed by atoms with Crippen molar-refractivity contribution in [1.29, 1.82) is 0 Å². The fourth-order valence-electron chi connectivity index (χ4n) is 1.61. The Kier molecular flexibility index (Phi) is 5.35. The van der Waals surface area contributed by atoms with Crippen LogP contribution in [0.4, 0.5) is 5.69 Å². The highest BCUT2D eigenvalue weighted by atomic mass is 35.5. The molecule has 0 spiro atoms. The van der Waals surface area contributed by atoms with Crippen LogP contribution in [-0.2, 0) is 11.3 Å². The molecule has 0 aliphatic carbocycles. The minimum atomic E-state index is -0.212. The average molecular weight is 310 g/mol. The molecule has 104 valence electrons. The molecule has 20 heavy (non-hydrogen) atoms. The predicted molar refractivity (Wildman–Crippen MR) is 81.0 cm³/mol. The van der Waals surface area contributed by atoms with Gasteiger partial charge in [-0.05, 0) is 24.3 Å². The molecule has 0 aliphatic rings. The van der Waals surface area contributed by atoms with Gasteiger partial charge >= 0.3 is 0 Å². The summed E-state index contributed by atoms with van der Waals surface area (Å²) >= 11 is 11.9. The highest BCUT2D eigenvalue weighted by Crippen LogP contribution is 2.29. The maximum absolute atomic E-state index is 11.8. The van der Waals surface area contributed by atoms with E-state index in [-0.39, 0.29) is 12.5 Å². The van der Waals surface area contributed by atoms with E-state index in [9.17, 15) is 4.79 Å². The lowest BCUT2D eigenvalue weighted by Crippen LogP contribution is -2.28. The number of nitrogens with one attached hydrogen (secondary N) is 2. The number of amides is 1. The summed E-state index contributed by atoms with van der Waals surface area (Å²) in [5.41, 5.74) is 1.30.